The highest BCUT2D eigenvalue weighted by atomic mass is 16.4. The van der Waals surface area contributed by atoms with Crippen LogP contribution in [0.15, 0.2) is 29.8 Å². The van der Waals surface area contributed by atoms with E-state index in [0.29, 0.717) is 11.1 Å². The van der Waals surface area contributed by atoms with Gasteiger partial charge in [-0.1, -0.05) is 12.1 Å². The van der Waals surface area contributed by atoms with Gasteiger partial charge in [0.15, 0.2) is 0 Å². The number of carboxylic acid groups (broad SMARTS) is 1. The Hall–Kier alpha value is -2.43. The number of amides is 2. The average Bonchev–Trinajstić information content (AvgIpc) is 2.54. The summed E-state index contributed by atoms with van der Waals surface area (Å²) in [6, 6.07) is 4.18. The first kappa shape index (κ1) is 12.0. The minimum atomic E-state index is -1.35. The van der Waals surface area contributed by atoms with E-state index in [1.807, 2.05) is 0 Å². The number of hydrogen-bond donors (Lipinski definition) is 0. The topological polar surface area (TPSA) is 77.5 Å². The van der Waals surface area contributed by atoms with Crippen molar-refractivity contribution in [2.75, 3.05) is 4.90 Å². The summed E-state index contributed by atoms with van der Waals surface area (Å²) in [5, 5.41) is 10.8. The Balaban J connectivity index is 2.52. The van der Waals surface area contributed by atoms with Crippen molar-refractivity contribution in [3.05, 3.63) is 41.0 Å². The van der Waals surface area contributed by atoms with Crippen molar-refractivity contribution in [1.82, 2.24) is 0 Å². The molecule has 1 aliphatic heterocycles. The quantitative estimate of drug-likeness (QED) is 0.695. The molecule has 18 heavy (non-hydrogen) atoms. The van der Waals surface area contributed by atoms with E-state index in [9.17, 15) is 19.5 Å². The van der Waals surface area contributed by atoms with Gasteiger partial charge in [0.1, 0.15) is 0 Å². The number of hydrogen-bond acceptors (Lipinski definition) is 4. The van der Waals surface area contributed by atoms with Gasteiger partial charge in [-0.3, -0.25) is 9.59 Å². The Morgan fingerprint density at radius 1 is 1.22 bits per heavy atom. The zero-order valence-electron chi connectivity index (χ0n) is 9.89. The number of aryl methyl sites for hydroxylation is 1. The van der Waals surface area contributed by atoms with Gasteiger partial charge in [0.05, 0.1) is 11.7 Å². The monoisotopic (exact) mass is 244 g/mol. The van der Waals surface area contributed by atoms with Crippen LogP contribution in [-0.4, -0.2) is 17.8 Å². The standard InChI is InChI=1S/C13H11NO4/c1-7-3-4-9(13(17)18)6-10(7)14-11(15)5-8(2)12(14)16/h3-6H,1-2H3,(H,17,18)/p-1. The summed E-state index contributed by atoms with van der Waals surface area (Å²) in [6.45, 7) is 3.24. The molecule has 0 bridgehead atoms. The lowest BCUT2D eigenvalue weighted by Crippen LogP contribution is -2.32. The third-order valence-corrected chi connectivity index (χ3v) is 2.79. The third kappa shape index (κ3) is 1.79. The molecule has 0 N–H and O–H groups in total. The second-order valence-corrected chi connectivity index (χ2v) is 4.09. The van der Waals surface area contributed by atoms with Crippen molar-refractivity contribution in [2.45, 2.75) is 13.8 Å². The number of aromatic carboxylic acids is 1. The number of carboxylic acids is 1. The van der Waals surface area contributed by atoms with Gasteiger partial charge >= 0.3 is 0 Å². The third-order valence-electron chi connectivity index (χ3n) is 2.79. The average molecular weight is 244 g/mol. The molecule has 1 aromatic rings. The van der Waals surface area contributed by atoms with E-state index in [1.54, 1.807) is 6.92 Å². The predicted molar refractivity (Wildman–Crippen MR) is 61.8 cm³/mol. The maximum atomic E-state index is 11.8. The molecular formula is C13H10NO4-. The second-order valence-electron chi connectivity index (χ2n) is 4.09. The predicted octanol–water partition coefficient (Wildman–Crippen LogP) is 0.178. The summed E-state index contributed by atoms with van der Waals surface area (Å²) in [7, 11) is 0. The van der Waals surface area contributed by atoms with Crippen LogP contribution < -0.4 is 10.0 Å². The Morgan fingerprint density at radius 3 is 2.39 bits per heavy atom. The van der Waals surface area contributed by atoms with Crippen LogP contribution in [0.1, 0.15) is 22.8 Å². The molecule has 0 saturated carbocycles. The highest BCUT2D eigenvalue weighted by Crippen LogP contribution is 2.26. The molecular weight excluding hydrogens is 234 g/mol. The minimum Gasteiger partial charge on any atom is -0.545 e. The maximum Gasteiger partial charge on any atom is 0.261 e. The number of carbonyl (C=O) groups excluding carboxylic acids is 3. The summed E-state index contributed by atoms with van der Waals surface area (Å²) >= 11 is 0. The first-order valence-electron chi connectivity index (χ1n) is 5.30. The zero-order chi connectivity index (χ0) is 13.4. The minimum absolute atomic E-state index is 0.0687. The maximum absolute atomic E-state index is 11.8. The van der Waals surface area contributed by atoms with Crippen LogP contribution >= 0.6 is 0 Å². The number of rotatable bonds is 2. The van der Waals surface area contributed by atoms with Crippen molar-refractivity contribution in [2.24, 2.45) is 0 Å². The molecule has 92 valence electrons. The fourth-order valence-corrected chi connectivity index (χ4v) is 1.79. The van der Waals surface area contributed by atoms with Crippen molar-refractivity contribution in [3.63, 3.8) is 0 Å². The number of nitrogens with zero attached hydrogens (tertiary/aromatic N) is 1. The van der Waals surface area contributed by atoms with Crippen LogP contribution in [0.3, 0.4) is 0 Å². The molecule has 0 aliphatic carbocycles. The SMILES string of the molecule is CC1=CC(=O)N(c2cc(C(=O)[O-])ccc2C)C1=O. The van der Waals surface area contributed by atoms with E-state index in [0.717, 1.165) is 4.90 Å². The molecule has 5 nitrogen and oxygen atoms in total. The van der Waals surface area contributed by atoms with Crippen LogP contribution in [0.2, 0.25) is 0 Å². The highest BCUT2D eigenvalue weighted by molar-refractivity contribution is 6.30. The molecule has 1 heterocycles. The van der Waals surface area contributed by atoms with E-state index in [-0.39, 0.29) is 11.3 Å². The Labute approximate surface area is 103 Å². The van der Waals surface area contributed by atoms with Gasteiger partial charge in [0.25, 0.3) is 11.8 Å². The van der Waals surface area contributed by atoms with Gasteiger partial charge in [0.2, 0.25) is 0 Å². The summed E-state index contributed by atoms with van der Waals surface area (Å²) in [5.74, 6) is -2.24. The Kier molecular flexibility index (Phi) is 2.74. The largest absolute Gasteiger partial charge is 0.545 e. The molecule has 0 saturated heterocycles. The summed E-state index contributed by atoms with van der Waals surface area (Å²) in [5.41, 5.74) is 1.18. The molecule has 0 unspecified atom stereocenters. The molecule has 0 fully saturated rings. The first-order valence-corrected chi connectivity index (χ1v) is 5.30. The molecule has 0 aromatic heterocycles. The number of imide groups is 1. The van der Waals surface area contributed by atoms with Crippen LogP contribution in [0, 0.1) is 6.92 Å². The highest BCUT2D eigenvalue weighted by Gasteiger charge is 2.30. The fourth-order valence-electron chi connectivity index (χ4n) is 1.79. The molecule has 1 aromatic carbocycles. The van der Waals surface area contributed by atoms with Crippen molar-refractivity contribution < 1.29 is 19.5 Å². The van der Waals surface area contributed by atoms with Crippen LogP contribution in [0.5, 0.6) is 0 Å². The fraction of sp³-hybridized carbons (Fsp3) is 0.154. The van der Waals surface area contributed by atoms with E-state index < -0.39 is 17.8 Å². The summed E-state index contributed by atoms with van der Waals surface area (Å²) < 4.78 is 0. The van der Waals surface area contributed by atoms with Crippen molar-refractivity contribution in [3.8, 4) is 0 Å². The molecule has 2 amide bonds. The smallest absolute Gasteiger partial charge is 0.261 e. The van der Waals surface area contributed by atoms with Crippen molar-refractivity contribution >= 4 is 23.5 Å². The molecule has 0 atom stereocenters. The zero-order valence-corrected chi connectivity index (χ0v) is 9.89. The van der Waals surface area contributed by atoms with Gasteiger partial charge < -0.3 is 9.90 Å². The van der Waals surface area contributed by atoms with E-state index in [4.69, 9.17) is 0 Å². The van der Waals surface area contributed by atoms with Gasteiger partial charge in [-0.05, 0) is 31.0 Å². The molecule has 0 spiro atoms. The normalized spacial score (nSPS) is 15.0. The first-order chi connectivity index (χ1) is 8.41. The molecule has 5 heteroatoms. The lowest BCUT2D eigenvalue weighted by atomic mass is 10.1. The summed E-state index contributed by atoms with van der Waals surface area (Å²) in [6.07, 6.45) is 1.23. The van der Waals surface area contributed by atoms with Gasteiger partial charge in [-0.2, -0.15) is 0 Å². The lowest BCUT2D eigenvalue weighted by Gasteiger charge is -2.18. The lowest BCUT2D eigenvalue weighted by molar-refractivity contribution is -0.255. The number of carbonyl (C=O) groups is 3. The van der Waals surface area contributed by atoms with Crippen LogP contribution in [0.25, 0.3) is 0 Å². The van der Waals surface area contributed by atoms with Gasteiger partial charge in [-0.15, -0.1) is 0 Å². The van der Waals surface area contributed by atoms with Gasteiger partial charge in [-0.25, -0.2) is 4.90 Å². The summed E-state index contributed by atoms with van der Waals surface area (Å²) in [4.78, 5) is 35.3. The number of benzene rings is 1. The molecule has 0 radical (unpaired) electrons. The van der Waals surface area contributed by atoms with Gasteiger partial charge in [0, 0.05) is 11.6 Å². The van der Waals surface area contributed by atoms with Crippen molar-refractivity contribution in [1.29, 1.82) is 0 Å². The number of anilines is 1. The molecule has 2 rings (SSSR count). The molecule has 1 aliphatic rings. The Morgan fingerprint density at radius 2 is 1.89 bits per heavy atom. The van der Waals surface area contributed by atoms with E-state index in [2.05, 4.69) is 0 Å². The Bertz CT molecular complexity index is 601. The van der Waals surface area contributed by atoms with E-state index >= 15 is 0 Å². The van der Waals surface area contributed by atoms with Crippen LogP contribution in [0.4, 0.5) is 5.69 Å². The second kappa shape index (κ2) is 4.10. The van der Waals surface area contributed by atoms with E-state index in [1.165, 1.54) is 31.2 Å². The van der Waals surface area contributed by atoms with Crippen LogP contribution in [-0.2, 0) is 9.59 Å².